The molecule has 200 valence electrons. The van der Waals surface area contributed by atoms with Gasteiger partial charge >= 0.3 is 5.69 Å². The molecule has 2 aromatic carbocycles. The normalized spacial score (nSPS) is 19.2. The highest BCUT2D eigenvalue weighted by Gasteiger charge is 2.34. The monoisotopic (exact) mass is 564 g/mol. The number of methoxy groups -OCH3 is 1. The van der Waals surface area contributed by atoms with Crippen molar-refractivity contribution in [1.82, 2.24) is 14.5 Å². The van der Waals surface area contributed by atoms with Crippen LogP contribution in [-0.2, 0) is 9.53 Å². The van der Waals surface area contributed by atoms with Crippen LogP contribution in [0, 0.1) is 17.5 Å². The molecule has 2 aliphatic rings. The Kier molecular flexibility index (Phi) is 7.19. The summed E-state index contributed by atoms with van der Waals surface area (Å²) in [5.74, 6) is -2.69. The maximum absolute atomic E-state index is 14.9. The number of carbonyl (C=O) groups is 1. The number of rotatable bonds is 5. The van der Waals surface area contributed by atoms with Gasteiger partial charge in [0.05, 0.1) is 28.8 Å². The first-order valence-electron chi connectivity index (χ1n) is 11.9. The third-order valence-corrected chi connectivity index (χ3v) is 8.42. The summed E-state index contributed by atoms with van der Waals surface area (Å²) in [7, 11) is 1.52. The van der Waals surface area contributed by atoms with Crippen molar-refractivity contribution in [2.45, 2.75) is 23.9 Å². The molecule has 0 unspecified atom stereocenters. The molecule has 0 spiro atoms. The summed E-state index contributed by atoms with van der Waals surface area (Å²) in [6.07, 6.45) is 1.26. The lowest BCUT2D eigenvalue weighted by atomic mass is 10.0. The second-order valence-electron chi connectivity index (χ2n) is 9.24. The number of benzene rings is 2. The van der Waals surface area contributed by atoms with Crippen LogP contribution in [0.4, 0.5) is 19.0 Å². The van der Waals surface area contributed by atoms with Gasteiger partial charge in [-0.1, -0.05) is 18.2 Å². The highest BCUT2D eigenvalue weighted by molar-refractivity contribution is 7.99. The van der Waals surface area contributed by atoms with Crippen LogP contribution in [0.5, 0.6) is 0 Å². The second kappa shape index (κ2) is 10.3. The van der Waals surface area contributed by atoms with Crippen LogP contribution in [0.1, 0.15) is 13.0 Å². The average molecular weight is 565 g/mol. The van der Waals surface area contributed by atoms with E-state index in [2.05, 4.69) is 11.6 Å². The third kappa shape index (κ3) is 4.36. The van der Waals surface area contributed by atoms with Gasteiger partial charge in [-0.2, -0.15) is 4.98 Å². The van der Waals surface area contributed by atoms with Crippen LogP contribution in [0.3, 0.4) is 0 Å². The number of amides is 1. The van der Waals surface area contributed by atoms with Crippen molar-refractivity contribution in [3.63, 3.8) is 0 Å². The first kappa shape index (κ1) is 26.6. The zero-order chi connectivity index (χ0) is 27.3. The lowest BCUT2D eigenvalue weighted by Crippen LogP contribution is -2.54. The highest BCUT2D eigenvalue weighted by atomic mass is 35.5. The van der Waals surface area contributed by atoms with Gasteiger partial charge in [-0.15, -0.1) is 11.8 Å². The first-order valence-corrected chi connectivity index (χ1v) is 13.3. The van der Waals surface area contributed by atoms with Gasteiger partial charge < -0.3 is 14.5 Å². The molecule has 1 amide bonds. The van der Waals surface area contributed by atoms with Crippen molar-refractivity contribution in [2.24, 2.45) is 0 Å². The van der Waals surface area contributed by atoms with Gasteiger partial charge in [0.15, 0.2) is 0 Å². The van der Waals surface area contributed by atoms with E-state index < -0.39 is 28.7 Å². The molecule has 5 rings (SSSR count). The van der Waals surface area contributed by atoms with Crippen LogP contribution in [0.15, 0.2) is 40.5 Å². The van der Waals surface area contributed by atoms with E-state index in [0.717, 1.165) is 0 Å². The summed E-state index contributed by atoms with van der Waals surface area (Å²) in [5.41, 5.74) is -0.526. The van der Waals surface area contributed by atoms with Crippen molar-refractivity contribution in [2.75, 3.05) is 44.0 Å². The number of hydrogen-bond acceptors (Lipinski definition) is 6. The molecule has 2 aliphatic heterocycles. The number of aromatic nitrogens is 2. The molecule has 0 N–H and O–H groups in total. The Bertz CT molecular complexity index is 1510. The summed E-state index contributed by atoms with van der Waals surface area (Å²) in [6, 6.07) is 2.16. The van der Waals surface area contributed by atoms with E-state index in [4.69, 9.17) is 16.3 Å². The predicted octanol–water partition coefficient (Wildman–Crippen LogP) is 4.65. The minimum atomic E-state index is -1.10. The summed E-state index contributed by atoms with van der Waals surface area (Å²) < 4.78 is 50.4. The molecule has 3 aromatic rings. The average Bonchev–Trinajstić information content (AvgIpc) is 2.87. The number of nitrogens with zero attached hydrogens (tertiary/aromatic N) is 4. The van der Waals surface area contributed by atoms with Crippen molar-refractivity contribution >= 4 is 46.0 Å². The summed E-state index contributed by atoms with van der Waals surface area (Å²) >= 11 is 7.98. The molecule has 12 heteroatoms. The molecule has 0 saturated carbocycles. The van der Waals surface area contributed by atoms with E-state index in [0.29, 0.717) is 59.1 Å². The smallest absolute Gasteiger partial charge is 0.350 e. The number of halogens is 4. The molecule has 1 aromatic heterocycles. The largest absolute Gasteiger partial charge is 0.383 e. The number of anilines is 1. The lowest BCUT2D eigenvalue weighted by Gasteiger charge is -2.41. The van der Waals surface area contributed by atoms with Crippen LogP contribution < -0.4 is 10.6 Å². The minimum Gasteiger partial charge on any atom is -0.383 e. The van der Waals surface area contributed by atoms with Crippen molar-refractivity contribution in [3.05, 3.63) is 63.8 Å². The summed E-state index contributed by atoms with van der Waals surface area (Å²) in [5, 5.41) is 0.566. The van der Waals surface area contributed by atoms with Crippen LogP contribution in [0.25, 0.3) is 22.0 Å². The molecule has 38 heavy (non-hydrogen) atoms. The lowest BCUT2D eigenvalue weighted by molar-refractivity contribution is -0.126. The maximum Gasteiger partial charge on any atom is 0.350 e. The van der Waals surface area contributed by atoms with Crippen LogP contribution in [0.2, 0.25) is 5.02 Å². The Balaban J connectivity index is 1.77. The zero-order valence-electron chi connectivity index (χ0n) is 20.6. The number of thioether (sulfide) groups is 1. The van der Waals surface area contributed by atoms with Gasteiger partial charge in [0.1, 0.15) is 23.3 Å². The van der Waals surface area contributed by atoms with E-state index in [1.54, 1.807) is 11.0 Å². The van der Waals surface area contributed by atoms with E-state index >= 15 is 0 Å². The number of hydrogen-bond donors (Lipinski definition) is 0. The second-order valence-corrected chi connectivity index (χ2v) is 10.7. The maximum atomic E-state index is 14.9. The highest BCUT2D eigenvalue weighted by Crippen LogP contribution is 2.48. The molecular weight excluding hydrogens is 541 g/mol. The Hall–Kier alpha value is -3.02. The van der Waals surface area contributed by atoms with Crippen molar-refractivity contribution in [3.8, 4) is 11.1 Å². The predicted molar refractivity (Wildman–Crippen MR) is 142 cm³/mol. The van der Waals surface area contributed by atoms with Gasteiger partial charge in [-0.3, -0.25) is 9.36 Å². The zero-order valence-corrected chi connectivity index (χ0v) is 22.2. The van der Waals surface area contributed by atoms with Gasteiger partial charge in [0.25, 0.3) is 0 Å². The SMILES string of the molecule is C=CC(=O)N1CCN(c2nc(=O)n3c4c(c(-c5c(F)cc(F)cc5F)c(Cl)cc24)SC[C@H]3COC)[C@@H](C)C1. The molecule has 2 atom stereocenters. The number of carbonyl (C=O) groups excluding carboxylic acids is 1. The molecule has 1 saturated heterocycles. The molecule has 0 bridgehead atoms. The Morgan fingerprint density at radius 3 is 2.58 bits per heavy atom. The van der Waals surface area contributed by atoms with Crippen molar-refractivity contribution in [1.29, 1.82) is 0 Å². The van der Waals surface area contributed by atoms with E-state index in [1.165, 1.54) is 29.5 Å². The van der Waals surface area contributed by atoms with Gasteiger partial charge in [0, 0.05) is 66.5 Å². The summed E-state index contributed by atoms with van der Waals surface area (Å²) in [6.45, 7) is 6.87. The fourth-order valence-electron chi connectivity index (χ4n) is 5.21. The standard InChI is InChI=1S/C26H24ClF3N4O3S/c1-4-20(35)32-5-6-33(13(2)10-32)25-16-9-17(27)21(22-18(29)7-14(28)8-19(22)30)24-23(16)34(26(36)31-25)15(11-37-3)12-38-24/h4,7-9,13,15H,1,5-6,10-12H2,2-3H3/t13-,15+/m0/s1. The first-order chi connectivity index (χ1) is 18.2. The Morgan fingerprint density at radius 2 is 1.95 bits per heavy atom. The Labute approximate surface area is 225 Å². The molecule has 1 fully saturated rings. The quantitative estimate of drug-likeness (QED) is 0.420. The fraction of sp³-hybridized carbons (Fsp3) is 0.346. The topological polar surface area (TPSA) is 67.7 Å². The Morgan fingerprint density at radius 1 is 1.24 bits per heavy atom. The van der Waals surface area contributed by atoms with E-state index in [-0.39, 0.29) is 35.2 Å². The van der Waals surface area contributed by atoms with Gasteiger partial charge in [0.2, 0.25) is 5.91 Å². The fourth-order valence-corrected chi connectivity index (χ4v) is 6.87. The molecular formula is C26H24ClF3N4O3S. The molecule has 0 aliphatic carbocycles. The molecule has 7 nitrogen and oxygen atoms in total. The third-order valence-electron chi connectivity index (χ3n) is 6.88. The van der Waals surface area contributed by atoms with E-state index in [1.807, 2.05) is 11.8 Å². The molecule has 0 radical (unpaired) electrons. The number of ether oxygens (including phenoxy) is 1. The number of piperazine rings is 1. The van der Waals surface area contributed by atoms with Crippen LogP contribution in [-0.4, -0.2) is 65.5 Å². The van der Waals surface area contributed by atoms with Crippen LogP contribution >= 0.6 is 23.4 Å². The van der Waals surface area contributed by atoms with E-state index in [9.17, 15) is 22.8 Å². The van der Waals surface area contributed by atoms with Gasteiger partial charge in [-0.25, -0.2) is 18.0 Å². The van der Waals surface area contributed by atoms with Gasteiger partial charge in [-0.05, 0) is 19.1 Å². The molecule has 3 heterocycles. The minimum absolute atomic E-state index is 0.0379. The summed E-state index contributed by atoms with van der Waals surface area (Å²) in [4.78, 5) is 34.1. The van der Waals surface area contributed by atoms with Crippen molar-refractivity contribution < 1.29 is 22.7 Å².